The number of carbonyl (C=O) groups is 1. The number of hydrogen-bond acceptors (Lipinski definition) is 2. The molecule has 90 valence electrons. The highest BCUT2D eigenvalue weighted by Gasteiger charge is 2.17. The summed E-state index contributed by atoms with van der Waals surface area (Å²) in [6, 6.07) is 10.1. The monoisotopic (exact) mass is 249 g/mol. The third-order valence-electron chi connectivity index (χ3n) is 2.61. The van der Waals surface area contributed by atoms with E-state index in [0.29, 0.717) is 24.7 Å². The molecule has 1 amide bonds. The fraction of sp³-hybridized carbons (Fsp3) is 0.333. The molecular formula is C12H15N3OS. The second-order valence-electron chi connectivity index (χ2n) is 3.92. The number of benzene rings is 1. The number of amides is 1. The van der Waals surface area contributed by atoms with E-state index in [1.54, 1.807) is 0 Å². The van der Waals surface area contributed by atoms with Crippen molar-refractivity contribution in [1.29, 1.82) is 0 Å². The molecule has 0 spiro atoms. The second kappa shape index (κ2) is 5.63. The van der Waals surface area contributed by atoms with Crippen LogP contribution >= 0.6 is 12.2 Å². The van der Waals surface area contributed by atoms with Gasteiger partial charge in [-0.05, 0) is 17.8 Å². The number of carbonyl (C=O) groups excluding carboxylic acids is 1. The average Bonchev–Trinajstić information content (AvgIpc) is 2.37. The van der Waals surface area contributed by atoms with E-state index in [0.717, 1.165) is 6.54 Å². The van der Waals surface area contributed by atoms with E-state index in [1.807, 2.05) is 35.2 Å². The average molecular weight is 249 g/mol. The Bertz CT molecular complexity index is 407. The minimum Gasteiger partial charge on any atom is -0.358 e. The van der Waals surface area contributed by atoms with Gasteiger partial charge in [0.25, 0.3) is 0 Å². The molecule has 2 rings (SSSR count). The lowest BCUT2D eigenvalue weighted by molar-refractivity contribution is -0.122. The molecule has 4 nitrogen and oxygen atoms in total. The molecule has 17 heavy (non-hydrogen) atoms. The van der Waals surface area contributed by atoms with Gasteiger partial charge < -0.3 is 15.5 Å². The van der Waals surface area contributed by atoms with Gasteiger partial charge in [-0.2, -0.15) is 0 Å². The summed E-state index contributed by atoms with van der Waals surface area (Å²) in [6.07, 6.45) is 0. The summed E-state index contributed by atoms with van der Waals surface area (Å²) in [6.45, 7) is 2.47. The first-order chi connectivity index (χ1) is 8.25. The Labute approximate surface area is 106 Å². The fourth-order valence-corrected chi connectivity index (χ4v) is 1.93. The molecule has 0 aliphatic carbocycles. The molecule has 1 aliphatic heterocycles. The summed E-state index contributed by atoms with van der Waals surface area (Å²) in [5.41, 5.74) is 1.18. The predicted molar refractivity (Wildman–Crippen MR) is 70.5 cm³/mol. The largest absolute Gasteiger partial charge is 0.358 e. The molecular weight excluding hydrogens is 234 g/mol. The predicted octanol–water partition coefficient (Wildman–Crippen LogP) is 0.493. The van der Waals surface area contributed by atoms with Crippen LogP contribution in [-0.2, 0) is 11.3 Å². The molecule has 0 radical (unpaired) electrons. The van der Waals surface area contributed by atoms with Crippen LogP contribution < -0.4 is 10.6 Å². The Balaban J connectivity index is 1.83. The van der Waals surface area contributed by atoms with Crippen LogP contribution in [0.5, 0.6) is 0 Å². The number of hydrogen-bond donors (Lipinski definition) is 2. The Morgan fingerprint density at radius 2 is 2.18 bits per heavy atom. The maximum absolute atomic E-state index is 11.2. The third kappa shape index (κ3) is 3.42. The summed E-state index contributed by atoms with van der Waals surface area (Å²) in [5.74, 6) is 0.0279. The minimum atomic E-state index is 0.0279. The van der Waals surface area contributed by atoms with Gasteiger partial charge in [-0.15, -0.1) is 0 Å². The molecule has 1 saturated heterocycles. The van der Waals surface area contributed by atoms with E-state index in [4.69, 9.17) is 12.2 Å². The van der Waals surface area contributed by atoms with Crippen molar-refractivity contribution in [3.8, 4) is 0 Å². The topological polar surface area (TPSA) is 44.4 Å². The number of nitrogens with one attached hydrogen (secondary N) is 2. The summed E-state index contributed by atoms with van der Waals surface area (Å²) >= 11 is 5.26. The van der Waals surface area contributed by atoms with Gasteiger partial charge in [0.05, 0.1) is 6.54 Å². The van der Waals surface area contributed by atoms with E-state index in [-0.39, 0.29) is 5.91 Å². The summed E-state index contributed by atoms with van der Waals surface area (Å²) in [5, 5.41) is 6.58. The zero-order chi connectivity index (χ0) is 12.1. The molecule has 1 fully saturated rings. The van der Waals surface area contributed by atoms with E-state index in [2.05, 4.69) is 10.6 Å². The molecule has 1 heterocycles. The molecule has 0 aromatic heterocycles. The van der Waals surface area contributed by atoms with Crippen LogP contribution in [0.2, 0.25) is 0 Å². The smallest absolute Gasteiger partial charge is 0.239 e. The van der Waals surface area contributed by atoms with Gasteiger partial charge in [0.1, 0.15) is 0 Å². The van der Waals surface area contributed by atoms with Gasteiger partial charge in [-0.25, -0.2) is 0 Å². The Morgan fingerprint density at radius 3 is 2.88 bits per heavy atom. The van der Waals surface area contributed by atoms with Crippen LogP contribution in [0, 0.1) is 0 Å². The number of thiocarbonyl (C=S) groups is 1. The maximum atomic E-state index is 11.2. The van der Waals surface area contributed by atoms with Crippen LogP contribution in [0.1, 0.15) is 5.56 Å². The molecule has 0 unspecified atom stereocenters. The highest BCUT2D eigenvalue weighted by atomic mass is 32.1. The van der Waals surface area contributed by atoms with Crippen molar-refractivity contribution in [3.05, 3.63) is 35.9 Å². The van der Waals surface area contributed by atoms with E-state index in [1.165, 1.54) is 5.56 Å². The zero-order valence-corrected chi connectivity index (χ0v) is 10.3. The lowest BCUT2D eigenvalue weighted by atomic mass is 10.2. The molecule has 1 aromatic carbocycles. The SMILES string of the molecule is O=C1CN(C(=S)NCc2ccccc2)CCN1. The van der Waals surface area contributed by atoms with E-state index < -0.39 is 0 Å². The van der Waals surface area contributed by atoms with Crippen molar-refractivity contribution in [2.24, 2.45) is 0 Å². The fourth-order valence-electron chi connectivity index (χ4n) is 1.70. The van der Waals surface area contributed by atoms with Gasteiger partial charge in [0.2, 0.25) is 5.91 Å². The zero-order valence-electron chi connectivity index (χ0n) is 9.48. The van der Waals surface area contributed by atoms with Gasteiger partial charge in [-0.3, -0.25) is 4.79 Å². The number of nitrogens with zero attached hydrogens (tertiary/aromatic N) is 1. The van der Waals surface area contributed by atoms with Crippen LogP contribution in [0.25, 0.3) is 0 Å². The van der Waals surface area contributed by atoms with Gasteiger partial charge in [0, 0.05) is 19.6 Å². The first-order valence-electron chi connectivity index (χ1n) is 5.59. The van der Waals surface area contributed by atoms with Gasteiger partial charge >= 0.3 is 0 Å². The lowest BCUT2D eigenvalue weighted by Gasteiger charge is -2.29. The molecule has 2 N–H and O–H groups in total. The van der Waals surface area contributed by atoms with Crippen molar-refractivity contribution in [2.45, 2.75) is 6.54 Å². The van der Waals surface area contributed by atoms with Crippen LogP contribution in [0.3, 0.4) is 0 Å². The molecule has 0 saturated carbocycles. The first kappa shape index (κ1) is 11.9. The Kier molecular flexibility index (Phi) is 3.93. The second-order valence-corrected chi connectivity index (χ2v) is 4.30. The third-order valence-corrected chi connectivity index (χ3v) is 3.01. The quantitative estimate of drug-likeness (QED) is 0.749. The van der Waals surface area contributed by atoms with Crippen molar-refractivity contribution < 1.29 is 4.79 Å². The van der Waals surface area contributed by atoms with Crippen molar-refractivity contribution in [1.82, 2.24) is 15.5 Å². The number of piperazine rings is 1. The Morgan fingerprint density at radius 1 is 1.41 bits per heavy atom. The van der Waals surface area contributed by atoms with Crippen LogP contribution in [-0.4, -0.2) is 35.6 Å². The Hall–Kier alpha value is -1.62. The summed E-state index contributed by atoms with van der Waals surface area (Å²) in [4.78, 5) is 13.1. The highest BCUT2D eigenvalue weighted by Crippen LogP contribution is 1.99. The lowest BCUT2D eigenvalue weighted by Crippen LogP contribution is -2.52. The highest BCUT2D eigenvalue weighted by molar-refractivity contribution is 7.80. The van der Waals surface area contributed by atoms with Crippen LogP contribution in [0.15, 0.2) is 30.3 Å². The van der Waals surface area contributed by atoms with Gasteiger partial charge in [-0.1, -0.05) is 30.3 Å². The maximum Gasteiger partial charge on any atom is 0.239 e. The van der Waals surface area contributed by atoms with Crippen molar-refractivity contribution >= 4 is 23.2 Å². The molecule has 0 atom stereocenters. The summed E-state index contributed by atoms with van der Waals surface area (Å²) in [7, 11) is 0. The van der Waals surface area contributed by atoms with E-state index in [9.17, 15) is 4.79 Å². The first-order valence-corrected chi connectivity index (χ1v) is 6.00. The van der Waals surface area contributed by atoms with Crippen LogP contribution in [0.4, 0.5) is 0 Å². The molecule has 1 aliphatic rings. The van der Waals surface area contributed by atoms with Crippen molar-refractivity contribution in [2.75, 3.05) is 19.6 Å². The molecule has 5 heteroatoms. The number of rotatable bonds is 2. The minimum absolute atomic E-state index is 0.0279. The normalized spacial score (nSPS) is 15.3. The molecule has 1 aromatic rings. The summed E-state index contributed by atoms with van der Waals surface area (Å²) < 4.78 is 0. The van der Waals surface area contributed by atoms with Gasteiger partial charge in [0.15, 0.2) is 5.11 Å². The standard InChI is InChI=1S/C12H15N3OS/c16-11-9-15(7-6-13-11)12(17)14-8-10-4-2-1-3-5-10/h1-5H,6-9H2,(H,13,16)(H,14,17). The van der Waals surface area contributed by atoms with Crippen molar-refractivity contribution in [3.63, 3.8) is 0 Å². The van der Waals surface area contributed by atoms with E-state index >= 15 is 0 Å². The molecule has 0 bridgehead atoms.